The van der Waals surface area contributed by atoms with E-state index in [1.54, 1.807) is 24.9 Å². The van der Waals surface area contributed by atoms with Gasteiger partial charge in [0.1, 0.15) is 0 Å². The third-order valence-corrected chi connectivity index (χ3v) is 5.68. The standard InChI is InChI=1S/C21H22Cl2N2OS/c1-13(2)20-18(8-14-4-6-24-7-5-14)19(12-26-3)25-21(20)27-17-10-15(22)9-16(23)11-17/h4-7,9-11,13,25H,8,12H2,1-3H3. The molecule has 3 rings (SSSR count). The minimum atomic E-state index is 0.362. The molecule has 0 amide bonds. The van der Waals surface area contributed by atoms with Crippen LogP contribution in [-0.2, 0) is 17.8 Å². The number of halogens is 2. The minimum Gasteiger partial charge on any atom is -0.378 e. The number of pyridine rings is 1. The lowest BCUT2D eigenvalue weighted by molar-refractivity contribution is 0.181. The fraction of sp³-hybridized carbons (Fsp3) is 0.286. The predicted octanol–water partition coefficient (Wildman–Crippen LogP) is 6.73. The number of hydrogen-bond donors (Lipinski definition) is 1. The Balaban J connectivity index is 2.03. The van der Waals surface area contributed by atoms with Crippen molar-refractivity contribution in [1.82, 2.24) is 9.97 Å². The molecule has 27 heavy (non-hydrogen) atoms. The Kier molecular flexibility index (Phi) is 6.88. The number of hydrogen-bond acceptors (Lipinski definition) is 3. The molecule has 0 fully saturated rings. The summed E-state index contributed by atoms with van der Waals surface area (Å²) in [4.78, 5) is 8.71. The Morgan fingerprint density at radius 3 is 2.37 bits per heavy atom. The van der Waals surface area contributed by atoms with Gasteiger partial charge in [-0.05, 0) is 59.4 Å². The molecule has 2 heterocycles. The molecule has 0 saturated heterocycles. The maximum absolute atomic E-state index is 6.18. The molecule has 0 atom stereocenters. The molecular formula is C21H22Cl2N2OS. The predicted molar refractivity (Wildman–Crippen MR) is 113 cm³/mol. The molecule has 0 aliphatic heterocycles. The van der Waals surface area contributed by atoms with Crippen molar-refractivity contribution < 1.29 is 4.74 Å². The van der Waals surface area contributed by atoms with Gasteiger partial charge in [-0.2, -0.15) is 0 Å². The van der Waals surface area contributed by atoms with Gasteiger partial charge in [0.05, 0.1) is 11.6 Å². The summed E-state index contributed by atoms with van der Waals surface area (Å²) in [5, 5.41) is 2.38. The summed E-state index contributed by atoms with van der Waals surface area (Å²) in [5.74, 6) is 0.362. The molecule has 0 aliphatic rings. The van der Waals surface area contributed by atoms with Crippen LogP contribution in [0.2, 0.25) is 10.0 Å². The van der Waals surface area contributed by atoms with E-state index >= 15 is 0 Å². The zero-order valence-electron chi connectivity index (χ0n) is 15.6. The number of ether oxygens (including phenoxy) is 1. The lowest BCUT2D eigenvalue weighted by Crippen LogP contribution is -2.00. The lowest BCUT2D eigenvalue weighted by Gasteiger charge is -2.12. The van der Waals surface area contributed by atoms with Crippen molar-refractivity contribution in [3.8, 4) is 0 Å². The topological polar surface area (TPSA) is 37.9 Å². The summed E-state index contributed by atoms with van der Waals surface area (Å²) in [5.41, 5.74) is 4.92. The van der Waals surface area contributed by atoms with Crippen molar-refractivity contribution in [3.05, 3.63) is 75.2 Å². The number of aromatic nitrogens is 2. The van der Waals surface area contributed by atoms with E-state index in [9.17, 15) is 0 Å². The van der Waals surface area contributed by atoms with E-state index in [1.165, 1.54) is 16.7 Å². The second-order valence-corrected chi connectivity index (χ2v) is 8.61. The third kappa shape index (κ3) is 5.08. The molecule has 0 bridgehead atoms. The third-order valence-electron chi connectivity index (χ3n) is 4.25. The first-order valence-electron chi connectivity index (χ1n) is 8.73. The van der Waals surface area contributed by atoms with Crippen molar-refractivity contribution in [3.63, 3.8) is 0 Å². The monoisotopic (exact) mass is 420 g/mol. The van der Waals surface area contributed by atoms with Gasteiger partial charge >= 0.3 is 0 Å². The lowest BCUT2D eigenvalue weighted by atomic mass is 9.95. The first-order chi connectivity index (χ1) is 13.0. The van der Waals surface area contributed by atoms with E-state index < -0.39 is 0 Å². The van der Waals surface area contributed by atoms with Crippen molar-refractivity contribution in [1.29, 1.82) is 0 Å². The van der Waals surface area contributed by atoms with E-state index in [1.807, 2.05) is 24.5 Å². The van der Waals surface area contributed by atoms with Crippen LogP contribution in [0.3, 0.4) is 0 Å². The number of aromatic amines is 1. The molecule has 0 aliphatic carbocycles. The van der Waals surface area contributed by atoms with Gasteiger partial charge in [-0.1, -0.05) is 48.8 Å². The number of rotatable bonds is 7. The van der Waals surface area contributed by atoms with Crippen LogP contribution in [0, 0.1) is 0 Å². The maximum atomic E-state index is 6.18. The molecule has 3 nitrogen and oxygen atoms in total. The van der Waals surface area contributed by atoms with Gasteiger partial charge in [-0.15, -0.1) is 0 Å². The molecule has 0 spiro atoms. The fourth-order valence-electron chi connectivity index (χ4n) is 3.15. The van der Waals surface area contributed by atoms with Crippen LogP contribution < -0.4 is 0 Å². The average molecular weight is 421 g/mol. The van der Waals surface area contributed by atoms with Gasteiger partial charge in [0.15, 0.2) is 0 Å². The van der Waals surface area contributed by atoms with Gasteiger partial charge in [0, 0.05) is 40.1 Å². The van der Waals surface area contributed by atoms with Crippen LogP contribution in [0.25, 0.3) is 0 Å². The van der Waals surface area contributed by atoms with Gasteiger partial charge in [-0.25, -0.2) is 0 Å². The first kappa shape index (κ1) is 20.3. The number of nitrogens with one attached hydrogen (secondary N) is 1. The molecule has 6 heteroatoms. The van der Waals surface area contributed by atoms with E-state index in [0.717, 1.165) is 22.0 Å². The Hall–Kier alpha value is -1.46. The number of methoxy groups -OCH3 is 1. The Bertz CT molecular complexity index is 890. The largest absolute Gasteiger partial charge is 0.378 e. The van der Waals surface area contributed by atoms with Crippen molar-refractivity contribution in [2.24, 2.45) is 0 Å². The average Bonchev–Trinajstić information content (AvgIpc) is 2.92. The highest BCUT2D eigenvalue weighted by molar-refractivity contribution is 7.99. The van der Waals surface area contributed by atoms with Crippen LogP contribution in [0.1, 0.15) is 42.1 Å². The van der Waals surface area contributed by atoms with Gasteiger partial charge in [-0.3, -0.25) is 4.98 Å². The Labute approximate surface area is 174 Å². The molecule has 0 saturated carbocycles. The van der Waals surface area contributed by atoms with Crippen LogP contribution in [-0.4, -0.2) is 17.1 Å². The second kappa shape index (κ2) is 9.16. The fourth-order valence-corrected chi connectivity index (χ4v) is 5.06. The highest BCUT2D eigenvalue weighted by atomic mass is 35.5. The van der Waals surface area contributed by atoms with E-state index in [-0.39, 0.29) is 0 Å². The number of nitrogens with zero attached hydrogens (tertiary/aromatic N) is 1. The Morgan fingerprint density at radius 1 is 1.11 bits per heavy atom. The molecule has 142 valence electrons. The van der Waals surface area contributed by atoms with Crippen LogP contribution >= 0.6 is 35.0 Å². The highest BCUT2D eigenvalue weighted by Gasteiger charge is 2.21. The van der Waals surface area contributed by atoms with Gasteiger partial charge < -0.3 is 9.72 Å². The molecule has 3 aromatic rings. The van der Waals surface area contributed by atoms with Crippen LogP contribution in [0.5, 0.6) is 0 Å². The SMILES string of the molecule is COCc1[nH]c(Sc2cc(Cl)cc(Cl)c2)c(C(C)C)c1Cc1ccncc1. The maximum Gasteiger partial charge on any atom is 0.0865 e. The summed E-state index contributed by atoms with van der Waals surface area (Å²) in [6.07, 6.45) is 4.50. The van der Waals surface area contributed by atoms with Gasteiger partial charge in [0.2, 0.25) is 0 Å². The molecule has 1 aromatic carbocycles. The summed E-state index contributed by atoms with van der Waals surface area (Å²) in [6, 6.07) is 9.72. The molecule has 0 radical (unpaired) electrons. The van der Waals surface area contributed by atoms with E-state index in [4.69, 9.17) is 27.9 Å². The first-order valence-corrected chi connectivity index (χ1v) is 10.3. The summed E-state index contributed by atoms with van der Waals surface area (Å²) in [6.45, 7) is 4.96. The summed E-state index contributed by atoms with van der Waals surface area (Å²) >= 11 is 14.0. The zero-order chi connectivity index (χ0) is 19.4. The molecule has 1 N–H and O–H groups in total. The zero-order valence-corrected chi connectivity index (χ0v) is 17.9. The molecule has 0 unspecified atom stereocenters. The summed E-state index contributed by atoms with van der Waals surface area (Å²) in [7, 11) is 1.72. The highest BCUT2D eigenvalue weighted by Crippen LogP contribution is 2.39. The number of H-pyrrole nitrogens is 1. The smallest absolute Gasteiger partial charge is 0.0865 e. The van der Waals surface area contributed by atoms with Crippen molar-refractivity contribution >= 4 is 35.0 Å². The molecule has 2 aromatic heterocycles. The Morgan fingerprint density at radius 2 is 1.78 bits per heavy atom. The van der Waals surface area contributed by atoms with E-state index in [0.29, 0.717) is 22.6 Å². The van der Waals surface area contributed by atoms with Crippen molar-refractivity contribution in [2.45, 2.75) is 42.7 Å². The number of benzene rings is 1. The minimum absolute atomic E-state index is 0.362. The van der Waals surface area contributed by atoms with Crippen LogP contribution in [0.4, 0.5) is 0 Å². The quantitative estimate of drug-likeness (QED) is 0.460. The second-order valence-electron chi connectivity index (χ2n) is 6.65. The van der Waals surface area contributed by atoms with E-state index in [2.05, 4.69) is 35.9 Å². The van der Waals surface area contributed by atoms with Crippen LogP contribution in [0.15, 0.2) is 52.6 Å². The normalized spacial score (nSPS) is 11.3. The summed E-state index contributed by atoms with van der Waals surface area (Å²) < 4.78 is 5.45. The van der Waals surface area contributed by atoms with Gasteiger partial charge in [0.25, 0.3) is 0 Å². The molecular weight excluding hydrogens is 399 g/mol. The van der Waals surface area contributed by atoms with Crippen molar-refractivity contribution in [2.75, 3.05) is 7.11 Å².